The third kappa shape index (κ3) is 3.71. The lowest BCUT2D eigenvalue weighted by Gasteiger charge is -2.36. The molecule has 2 rings (SSSR count). The van der Waals surface area contributed by atoms with Crippen LogP contribution in [0.15, 0.2) is 18.2 Å². The predicted molar refractivity (Wildman–Crippen MR) is 69.2 cm³/mol. The third-order valence-electron chi connectivity index (χ3n) is 3.66. The van der Waals surface area contributed by atoms with E-state index < -0.39 is 30.3 Å². The van der Waals surface area contributed by atoms with Crippen molar-refractivity contribution in [2.24, 2.45) is 0 Å². The van der Waals surface area contributed by atoms with Crippen LogP contribution >= 0.6 is 0 Å². The van der Waals surface area contributed by atoms with Gasteiger partial charge in [-0.1, -0.05) is 12.1 Å². The normalized spacial score (nSPS) is 18.7. The van der Waals surface area contributed by atoms with Gasteiger partial charge in [0.25, 0.3) is 0 Å². The molecule has 1 atom stereocenters. The zero-order chi connectivity index (χ0) is 15.5. The molecule has 118 valence electrons. The Bertz CT molecular complexity index is 469. The van der Waals surface area contributed by atoms with Gasteiger partial charge in [0.05, 0.1) is 12.2 Å². The van der Waals surface area contributed by atoms with Crippen molar-refractivity contribution in [2.45, 2.75) is 18.6 Å². The van der Waals surface area contributed by atoms with Gasteiger partial charge in [0, 0.05) is 32.2 Å². The number of piperazine rings is 1. The van der Waals surface area contributed by atoms with Crippen molar-refractivity contribution in [1.29, 1.82) is 0 Å². The van der Waals surface area contributed by atoms with Crippen molar-refractivity contribution in [2.75, 3.05) is 32.9 Å². The van der Waals surface area contributed by atoms with Gasteiger partial charge in [0.2, 0.25) is 0 Å². The van der Waals surface area contributed by atoms with E-state index in [1.165, 1.54) is 12.1 Å². The van der Waals surface area contributed by atoms with E-state index in [1.807, 2.05) is 0 Å². The molecule has 1 aromatic carbocycles. The molecule has 7 heteroatoms. The van der Waals surface area contributed by atoms with Gasteiger partial charge >= 0.3 is 6.18 Å². The molecule has 1 aromatic rings. The summed E-state index contributed by atoms with van der Waals surface area (Å²) in [5, 5.41) is 3.09. The van der Waals surface area contributed by atoms with Crippen molar-refractivity contribution in [3.63, 3.8) is 0 Å². The molecule has 21 heavy (non-hydrogen) atoms. The molecule has 0 aliphatic carbocycles. The Morgan fingerprint density at radius 3 is 2.43 bits per heavy atom. The Morgan fingerprint density at radius 2 is 1.86 bits per heavy atom. The Balaban J connectivity index is 2.42. The average Bonchev–Trinajstić information content (AvgIpc) is 2.44. The van der Waals surface area contributed by atoms with E-state index in [0.29, 0.717) is 26.2 Å². The summed E-state index contributed by atoms with van der Waals surface area (Å²) in [5.41, 5.74) is -1.45. The topological polar surface area (TPSA) is 15.3 Å². The first-order valence-electron chi connectivity index (χ1n) is 6.81. The highest BCUT2D eigenvalue weighted by Crippen LogP contribution is 2.39. The fourth-order valence-electron chi connectivity index (χ4n) is 2.75. The lowest BCUT2D eigenvalue weighted by molar-refractivity contribution is -0.141. The first-order chi connectivity index (χ1) is 9.95. The van der Waals surface area contributed by atoms with Crippen molar-refractivity contribution in [3.05, 3.63) is 35.1 Å². The molecule has 1 saturated heterocycles. The maximum atomic E-state index is 13.7. The molecule has 1 heterocycles. The number of benzene rings is 1. The molecule has 1 N–H and O–H groups in total. The zero-order valence-corrected chi connectivity index (χ0v) is 11.4. The first-order valence-corrected chi connectivity index (χ1v) is 6.81. The summed E-state index contributed by atoms with van der Waals surface area (Å²) in [6.45, 7) is 1.53. The molecule has 1 aliphatic rings. The molecular formula is C14H17F5N2. The molecule has 0 radical (unpaired) electrons. The van der Waals surface area contributed by atoms with Crippen molar-refractivity contribution < 1.29 is 22.0 Å². The highest BCUT2D eigenvalue weighted by atomic mass is 19.4. The smallest absolute Gasteiger partial charge is 0.314 e. The lowest BCUT2D eigenvalue weighted by atomic mass is 9.95. The van der Waals surface area contributed by atoms with Gasteiger partial charge in [-0.3, -0.25) is 9.29 Å². The van der Waals surface area contributed by atoms with Crippen LogP contribution in [0.2, 0.25) is 0 Å². The first kappa shape index (κ1) is 16.2. The summed E-state index contributed by atoms with van der Waals surface area (Å²) in [4.78, 5) is 1.78. The van der Waals surface area contributed by atoms with Gasteiger partial charge in [-0.25, -0.2) is 4.39 Å². The number of alkyl halides is 4. The van der Waals surface area contributed by atoms with Crippen LogP contribution in [-0.4, -0.2) is 37.8 Å². The molecule has 0 aromatic heterocycles. The van der Waals surface area contributed by atoms with Gasteiger partial charge < -0.3 is 5.32 Å². The van der Waals surface area contributed by atoms with Crippen LogP contribution in [-0.2, 0) is 6.18 Å². The van der Waals surface area contributed by atoms with Gasteiger partial charge in [-0.15, -0.1) is 0 Å². The van der Waals surface area contributed by atoms with Gasteiger partial charge in [-0.05, 0) is 18.1 Å². The van der Waals surface area contributed by atoms with Crippen molar-refractivity contribution in [3.8, 4) is 0 Å². The van der Waals surface area contributed by atoms with Crippen molar-refractivity contribution in [1.82, 2.24) is 10.2 Å². The molecule has 0 bridgehead atoms. The monoisotopic (exact) mass is 308 g/mol. The number of nitrogens with zero attached hydrogens (tertiary/aromatic N) is 1. The largest absolute Gasteiger partial charge is 0.419 e. The molecular weight excluding hydrogens is 291 g/mol. The Labute approximate surface area is 119 Å². The van der Waals surface area contributed by atoms with E-state index >= 15 is 0 Å². The summed E-state index contributed by atoms with van der Waals surface area (Å²) >= 11 is 0. The molecule has 0 amide bonds. The molecule has 0 unspecified atom stereocenters. The minimum atomic E-state index is -4.79. The van der Waals surface area contributed by atoms with Gasteiger partial charge in [-0.2, -0.15) is 13.2 Å². The minimum absolute atomic E-state index is 0.0769. The van der Waals surface area contributed by atoms with Crippen LogP contribution in [0.4, 0.5) is 22.0 Å². The van der Waals surface area contributed by atoms with Gasteiger partial charge in [0.1, 0.15) is 5.82 Å². The van der Waals surface area contributed by atoms with E-state index in [4.69, 9.17) is 0 Å². The standard InChI is InChI=1S/C14H17F5N2/c15-5-4-12(21-8-6-20-7-9-21)10-2-1-3-11(16)13(10)14(17,18)19/h1-3,12,20H,4-9H2/t12-/m1/s1. The number of hydrogen-bond donors (Lipinski definition) is 1. The molecule has 1 aliphatic heterocycles. The fourth-order valence-corrected chi connectivity index (χ4v) is 2.75. The van der Waals surface area contributed by atoms with Crippen LogP contribution in [0.1, 0.15) is 23.6 Å². The SMILES string of the molecule is FCC[C@H](c1cccc(F)c1C(F)(F)F)N1CCNCC1. The zero-order valence-electron chi connectivity index (χ0n) is 11.4. The van der Waals surface area contributed by atoms with Gasteiger partial charge in [0.15, 0.2) is 0 Å². The van der Waals surface area contributed by atoms with Crippen LogP contribution in [0, 0.1) is 5.82 Å². The maximum absolute atomic E-state index is 13.7. The molecule has 0 spiro atoms. The summed E-state index contributed by atoms with van der Waals surface area (Å²) in [7, 11) is 0. The molecule has 2 nitrogen and oxygen atoms in total. The Kier molecular flexibility index (Phi) is 5.16. The number of nitrogens with one attached hydrogen (secondary N) is 1. The van der Waals surface area contributed by atoms with Crippen LogP contribution in [0.25, 0.3) is 0 Å². The summed E-state index contributed by atoms with van der Waals surface area (Å²) in [5.74, 6) is -1.31. The quantitative estimate of drug-likeness (QED) is 0.860. The third-order valence-corrected chi connectivity index (χ3v) is 3.66. The Morgan fingerprint density at radius 1 is 1.19 bits per heavy atom. The number of halogens is 5. The van der Waals surface area contributed by atoms with E-state index in [9.17, 15) is 22.0 Å². The lowest BCUT2D eigenvalue weighted by Crippen LogP contribution is -2.45. The summed E-state index contributed by atoms with van der Waals surface area (Å²) in [6.07, 6.45) is -4.87. The maximum Gasteiger partial charge on any atom is 0.419 e. The number of rotatable bonds is 4. The summed E-state index contributed by atoms with van der Waals surface area (Å²) < 4.78 is 65.8. The molecule has 0 saturated carbocycles. The van der Waals surface area contributed by atoms with Crippen LogP contribution < -0.4 is 5.32 Å². The molecule has 1 fully saturated rings. The van der Waals surface area contributed by atoms with Crippen LogP contribution in [0.3, 0.4) is 0 Å². The second-order valence-electron chi connectivity index (χ2n) is 4.98. The predicted octanol–water partition coefficient (Wildman–Crippen LogP) is 3.15. The average molecular weight is 308 g/mol. The summed E-state index contributed by atoms with van der Waals surface area (Å²) in [6, 6.07) is 2.52. The van der Waals surface area contributed by atoms with E-state index in [0.717, 1.165) is 6.07 Å². The highest BCUT2D eigenvalue weighted by Gasteiger charge is 2.39. The second-order valence-corrected chi connectivity index (χ2v) is 4.98. The fraction of sp³-hybridized carbons (Fsp3) is 0.571. The Hall–Kier alpha value is -1.21. The minimum Gasteiger partial charge on any atom is -0.314 e. The number of hydrogen-bond acceptors (Lipinski definition) is 2. The van der Waals surface area contributed by atoms with E-state index in [2.05, 4.69) is 5.32 Å². The second kappa shape index (κ2) is 6.70. The van der Waals surface area contributed by atoms with Crippen LogP contribution in [0.5, 0.6) is 0 Å². The van der Waals surface area contributed by atoms with Crippen molar-refractivity contribution >= 4 is 0 Å². The highest BCUT2D eigenvalue weighted by molar-refractivity contribution is 5.34. The van der Waals surface area contributed by atoms with E-state index in [1.54, 1.807) is 4.90 Å². The van der Waals surface area contributed by atoms with E-state index in [-0.39, 0.29) is 12.0 Å².